The Morgan fingerprint density at radius 2 is 1.62 bits per heavy atom. The van der Waals surface area contributed by atoms with E-state index in [0.29, 0.717) is 5.11 Å². The van der Waals surface area contributed by atoms with Crippen molar-refractivity contribution >= 4 is 28.8 Å². The summed E-state index contributed by atoms with van der Waals surface area (Å²) in [5.74, 6) is 0.745. The van der Waals surface area contributed by atoms with Gasteiger partial charge in [0.05, 0.1) is 0 Å². The summed E-state index contributed by atoms with van der Waals surface area (Å²) in [6.45, 7) is 2.12. The first kappa shape index (κ1) is 16.1. The molecular formula is C20H19N3S. The Hall–Kier alpha value is -2.72. The summed E-state index contributed by atoms with van der Waals surface area (Å²) >= 11 is 5.35. The van der Waals surface area contributed by atoms with Crippen molar-refractivity contribution in [2.45, 2.75) is 13.3 Å². The fourth-order valence-corrected chi connectivity index (χ4v) is 2.67. The summed E-state index contributed by atoms with van der Waals surface area (Å²) in [7, 11) is 0. The number of anilines is 2. The Balaban J connectivity index is 1.67. The predicted octanol–water partition coefficient (Wildman–Crippen LogP) is 4.79. The molecule has 0 aliphatic heterocycles. The number of hydrogen-bond acceptors (Lipinski definition) is 2. The van der Waals surface area contributed by atoms with Crippen molar-refractivity contribution in [3.05, 3.63) is 89.6 Å². The zero-order valence-corrected chi connectivity index (χ0v) is 14.3. The third-order valence-electron chi connectivity index (χ3n) is 3.71. The number of para-hydroxylation sites is 1. The monoisotopic (exact) mass is 333 g/mol. The molecule has 3 aromatic rings. The fourth-order valence-electron chi connectivity index (χ4n) is 2.45. The predicted molar refractivity (Wildman–Crippen MR) is 105 cm³/mol. The van der Waals surface area contributed by atoms with E-state index in [4.69, 9.17) is 12.2 Å². The molecule has 1 aromatic heterocycles. The lowest BCUT2D eigenvalue weighted by atomic mass is 10.0. The molecule has 2 aromatic carbocycles. The minimum Gasteiger partial charge on any atom is -0.332 e. The first-order valence-corrected chi connectivity index (χ1v) is 8.25. The van der Waals surface area contributed by atoms with Crippen molar-refractivity contribution in [2.24, 2.45) is 0 Å². The summed E-state index contributed by atoms with van der Waals surface area (Å²) in [6, 6.07) is 24.2. The summed E-state index contributed by atoms with van der Waals surface area (Å²) in [4.78, 5) is 4.65. The summed E-state index contributed by atoms with van der Waals surface area (Å²) < 4.78 is 0. The Morgan fingerprint density at radius 3 is 2.42 bits per heavy atom. The summed E-state index contributed by atoms with van der Waals surface area (Å²) in [5.41, 5.74) is 4.52. The summed E-state index contributed by atoms with van der Waals surface area (Å²) in [5, 5.41) is 6.82. The Bertz CT molecular complexity index is 831. The van der Waals surface area contributed by atoms with Crippen LogP contribution in [0.1, 0.15) is 16.8 Å². The van der Waals surface area contributed by atoms with Gasteiger partial charge < -0.3 is 10.6 Å². The van der Waals surface area contributed by atoms with Crippen molar-refractivity contribution in [3.8, 4) is 0 Å². The zero-order chi connectivity index (χ0) is 16.8. The highest BCUT2D eigenvalue weighted by Crippen LogP contribution is 2.14. The molecule has 0 atom stereocenters. The van der Waals surface area contributed by atoms with Crippen molar-refractivity contribution in [1.29, 1.82) is 0 Å². The van der Waals surface area contributed by atoms with Gasteiger partial charge in [-0.1, -0.05) is 48.5 Å². The van der Waals surface area contributed by atoms with Gasteiger partial charge in [0.2, 0.25) is 0 Å². The smallest absolute Gasteiger partial charge is 0.176 e. The van der Waals surface area contributed by atoms with E-state index in [9.17, 15) is 0 Å². The van der Waals surface area contributed by atoms with Crippen LogP contribution < -0.4 is 10.6 Å². The van der Waals surface area contributed by atoms with Crippen LogP contribution in [0.5, 0.6) is 0 Å². The Labute approximate surface area is 147 Å². The van der Waals surface area contributed by atoms with Gasteiger partial charge >= 0.3 is 0 Å². The van der Waals surface area contributed by atoms with E-state index < -0.39 is 0 Å². The maximum atomic E-state index is 5.35. The van der Waals surface area contributed by atoms with Crippen LogP contribution in [-0.4, -0.2) is 10.1 Å². The van der Waals surface area contributed by atoms with E-state index in [1.54, 1.807) is 0 Å². The van der Waals surface area contributed by atoms with Crippen LogP contribution in [0.4, 0.5) is 11.5 Å². The maximum Gasteiger partial charge on any atom is 0.176 e. The first-order chi connectivity index (χ1) is 11.7. The SMILES string of the molecule is Cc1ccccc1Cc1cccc(NC(=S)Nc2ccccc2)n1. The average molecular weight is 333 g/mol. The lowest BCUT2D eigenvalue weighted by Gasteiger charge is -2.11. The van der Waals surface area contributed by atoms with Gasteiger partial charge in [0.15, 0.2) is 5.11 Å². The lowest BCUT2D eigenvalue weighted by Crippen LogP contribution is -2.19. The van der Waals surface area contributed by atoms with Crippen LogP contribution >= 0.6 is 12.2 Å². The molecule has 0 amide bonds. The van der Waals surface area contributed by atoms with Crippen molar-refractivity contribution in [3.63, 3.8) is 0 Å². The molecule has 0 unspecified atom stereocenters. The molecule has 0 bridgehead atoms. The number of pyridine rings is 1. The summed E-state index contributed by atoms with van der Waals surface area (Å²) in [6.07, 6.45) is 0.807. The maximum absolute atomic E-state index is 5.35. The number of aryl methyl sites for hydroxylation is 1. The number of thiocarbonyl (C=S) groups is 1. The molecule has 0 saturated heterocycles. The second-order valence-electron chi connectivity index (χ2n) is 5.56. The second kappa shape index (κ2) is 7.70. The van der Waals surface area contributed by atoms with Crippen LogP contribution in [0.15, 0.2) is 72.8 Å². The Morgan fingerprint density at radius 1 is 0.875 bits per heavy atom. The van der Waals surface area contributed by atoms with E-state index in [1.165, 1.54) is 11.1 Å². The molecule has 2 N–H and O–H groups in total. The largest absolute Gasteiger partial charge is 0.332 e. The van der Waals surface area contributed by atoms with Gasteiger partial charge in [-0.05, 0) is 54.5 Å². The van der Waals surface area contributed by atoms with Gasteiger partial charge in [-0.15, -0.1) is 0 Å². The van der Waals surface area contributed by atoms with E-state index in [2.05, 4.69) is 46.8 Å². The number of benzene rings is 2. The van der Waals surface area contributed by atoms with Gasteiger partial charge in [0.25, 0.3) is 0 Å². The topological polar surface area (TPSA) is 37.0 Å². The molecule has 120 valence electrons. The van der Waals surface area contributed by atoms with Crippen LogP contribution in [0, 0.1) is 6.92 Å². The van der Waals surface area contributed by atoms with Gasteiger partial charge in [-0.25, -0.2) is 4.98 Å². The molecular weight excluding hydrogens is 314 g/mol. The van der Waals surface area contributed by atoms with Gasteiger partial charge in [-0.3, -0.25) is 0 Å². The molecule has 0 spiro atoms. The molecule has 4 heteroatoms. The number of hydrogen-bond donors (Lipinski definition) is 2. The lowest BCUT2D eigenvalue weighted by molar-refractivity contribution is 1.06. The van der Waals surface area contributed by atoms with Crippen molar-refractivity contribution < 1.29 is 0 Å². The Kier molecular flexibility index (Phi) is 5.18. The minimum atomic E-state index is 0.529. The fraction of sp³-hybridized carbons (Fsp3) is 0.100. The standard InChI is InChI=1S/C20H19N3S/c1-15-8-5-6-9-16(15)14-18-12-7-13-19(21-18)23-20(24)22-17-10-3-2-4-11-17/h2-13H,14H2,1H3,(H2,21,22,23,24). The molecule has 24 heavy (non-hydrogen) atoms. The average Bonchev–Trinajstić information content (AvgIpc) is 2.58. The number of aromatic nitrogens is 1. The molecule has 0 fully saturated rings. The van der Waals surface area contributed by atoms with Crippen LogP contribution in [0.25, 0.3) is 0 Å². The van der Waals surface area contributed by atoms with E-state index >= 15 is 0 Å². The quantitative estimate of drug-likeness (QED) is 0.673. The van der Waals surface area contributed by atoms with Crippen molar-refractivity contribution in [2.75, 3.05) is 10.6 Å². The van der Waals surface area contributed by atoms with Gasteiger partial charge in [0.1, 0.15) is 5.82 Å². The van der Waals surface area contributed by atoms with E-state index in [-0.39, 0.29) is 0 Å². The molecule has 1 heterocycles. The van der Waals surface area contributed by atoms with Crippen LogP contribution in [-0.2, 0) is 6.42 Å². The van der Waals surface area contributed by atoms with Gasteiger partial charge in [-0.2, -0.15) is 0 Å². The second-order valence-corrected chi connectivity index (χ2v) is 5.97. The third kappa shape index (κ3) is 4.40. The van der Waals surface area contributed by atoms with E-state index in [0.717, 1.165) is 23.6 Å². The van der Waals surface area contributed by atoms with E-state index in [1.807, 2.05) is 48.5 Å². The number of nitrogens with zero attached hydrogens (tertiary/aromatic N) is 1. The third-order valence-corrected chi connectivity index (χ3v) is 3.92. The van der Waals surface area contributed by atoms with Gasteiger partial charge in [0, 0.05) is 17.8 Å². The molecule has 3 nitrogen and oxygen atoms in total. The molecule has 0 aliphatic rings. The molecule has 3 rings (SSSR count). The van der Waals surface area contributed by atoms with Crippen molar-refractivity contribution in [1.82, 2.24) is 4.98 Å². The number of rotatable bonds is 4. The highest BCUT2D eigenvalue weighted by molar-refractivity contribution is 7.80. The highest BCUT2D eigenvalue weighted by Gasteiger charge is 2.04. The minimum absolute atomic E-state index is 0.529. The van der Waals surface area contributed by atoms with Crippen LogP contribution in [0.3, 0.4) is 0 Å². The zero-order valence-electron chi connectivity index (χ0n) is 13.5. The normalized spacial score (nSPS) is 10.2. The molecule has 0 aliphatic carbocycles. The highest BCUT2D eigenvalue weighted by atomic mass is 32.1. The molecule has 0 radical (unpaired) electrons. The van der Waals surface area contributed by atoms with Crippen LogP contribution in [0.2, 0.25) is 0 Å². The first-order valence-electron chi connectivity index (χ1n) is 7.84. The molecule has 0 saturated carbocycles. The number of nitrogens with one attached hydrogen (secondary N) is 2.